The maximum atomic E-state index is 11.4. The van der Waals surface area contributed by atoms with Gasteiger partial charge in [-0.1, -0.05) is 0 Å². The van der Waals surface area contributed by atoms with Gasteiger partial charge in [0.1, 0.15) is 11.4 Å². The molecule has 0 aromatic carbocycles. The number of rotatable bonds is 2. The van der Waals surface area contributed by atoms with Crippen molar-refractivity contribution >= 4 is 11.9 Å². The first-order valence-corrected chi connectivity index (χ1v) is 5.46. The molecule has 1 aromatic rings. The molecule has 0 saturated carbocycles. The molecule has 1 aromatic heterocycles. The Bertz CT molecular complexity index is 411. The molecule has 0 fully saturated rings. The van der Waals surface area contributed by atoms with Gasteiger partial charge in [0.15, 0.2) is 0 Å². The summed E-state index contributed by atoms with van der Waals surface area (Å²) in [5.41, 5.74) is 6.91. The number of aromatic nitrogens is 1. The number of nitrogens with zero attached hydrogens (tertiary/aromatic N) is 1. The van der Waals surface area contributed by atoms with Crippen molar-refractivity contribution in [2.24, 2.45) is 0 Å². The van der Waals surface area contributed by atoms with Crippen molar-refractivity contribution in [3.63, 3.8) is 0 Å². The van der Waals surface area contributed by atoms with Crippen molar-refractivity contribution in [3.05, 3.63) is 23.4 Å². The Morgan fingerprint density at radius 3 is 2.71 bits per heavy atom. The molecule has 0 radical (unpaired) electrons. The van der Waals surface area contributed by atoms with E-state index in [9.17, 15) is 4.79 Å². The van der Waals surface area contributed by atoms with Crippen LogP contribution in [0.1, 0.15) is 31.9 Å². The van der Waals surface area contributed by atoms with Crippen LogP contribution in [-0.2, 0) is 11.3 Å². The summed E-state index contributed by atoms with van der Waals surface area (Å²) in [6, 6.07) is 1.89. The number of hydrogen-bond acceptors (Lipinski definition) is 4. The third-order valence-electron chi connectivity index (χ3n) is 2.01. The minimum absolute atomic E-state index is 0.378. The summed E-state index contributed by atoms with van der Waals surface area (Å²) in [4.78, 5) is 15.4. The molecule has 0 aliphatic carbocycles. The Morgan fingerprint density at radius 2 is 2.18 bits per heavy atom. The van der Waals surface area contributed by atoms with Crippen LogP contribution in [0.4, 0.5) is 10.6 Å². The van der Waals surface area contributed by atoms with E-state index < -0.39 is 11.7 Å². The third kappa shape index (κ3) is 4.72. The first kappa shape index (κ1) is 13.3. The van der Waals surface area contributed by atoms with E-state index in [1.165, 1.54) is 0 Å². The van der Waals surface area contributed by atoms with Gasteiger partial charge in [-0.15, -0.1) is 0 Å². The van der Waals surface area contributed by atoms with Gasteiger partial charge in [0.05, 0.1) is 0 Å². The van der Waals surface area contributed by atoms with Gasteiger partial charge in [-0.2, -0.15) is 0 Å². The van der Waals surface area contributed by atoms with Crippen LogP contribution in [0, 0.1) is 6.92 Å². The van der Waals surface area contributed by atoms with Crippen LogP contribution in [0.25, 0.3) is 0 Å². The summed E-state index contributed by atoms with van der Waals surface area (Å²) < 4.78 is 5.12. The predicted molar refractivity (Wildman–Crippen MR) is 66.5 cm³/mol. The molecule has 94 valence electrons. The van der Waals surface area contributed by atoms with E-state index >= 15 is 0 Å². The molecule has 0 aliphatic heterocycles. The lowest BCUT2D eigenvalue weighted by atomic mass is 10.2. The van der Waals surface area contributed by atoms with E-state index in [1.54, 1.807) is 6.20 Å². The Hall–Kier alpha value is -1.78. The second kappa shape index (κ2) is 5.03. The molecular formula is C12H19N3O2. The molecule has 0 unspecified atom stereocenters. The van der Waals surface area contributed by atoms with Gasteiger partial charge in [-0.25, -0.2) is 9.78 Å². The number of ether oxygens (including phenoxy) is 1. The zero-order chi connectivity index (χ0) is 13.1. The van der Waals surface area contributed by atoms with Gasteiger partial charge in [-0.3, -0.25) is 0 Å². The largest absolute Gasteiger partial charge is 0.444 e. The molecule has 0 bridgehead atoms. The van der Waals surface area contributed by atoms with E-state index in [2.05, 4.69) is 10.3 Å². The van der Waals surface area contributed by atoms with Crippen LogP contribution in [0.2, 0.25) is 0 Å². The maximum absolute atomic E-state index is 11.4. The molecule has 0 aliphatic rings. The van der Waals surface area contributed by atoms with Crippen LogP contribution in [0.15, 0.2) is 12.3 Å². The number of pyridine rings is 1. The average Bonchev–Trinajstić information content (AvgIpc) is 2.17. The summed E-state index contributed by atoms with van der Waals surface area (Å²) in [6.45, 7) is 7.72. The molecule has 5 nitrogen and oxygen atoms in total. The van der Waals surface area contributed by atoms with Crippen molar-refractivity contribution in [3.8, 4) is 0 Å². The zero-order valence-electron chi connectivity index (χ0n) is 10.7. The number of amides is 1. The molecule has 17 heavy (non-hydrogen) atoms. The Kier molecular flexibility index (Phi) is 3.93. The van der Waals surface area contributed by atoms with Crippen LogP contribution in [-0.4, -0.2) is 16.7 Å². The quantitative estimate of drug-likeness (QED) is 0.824. The lowest BCUT2D eigenvalue weighted by Gasteiger charge is -2.19. The molecule has 0 spiro atoms. The Balaban J connectivity index is 2.50. The highest BCUT2D eigenvalue weighted by molar-refractivity contribution is 5.67. The summed E-state index contributed by atoms with van der Waals surface area (Å²) in [5, 5.41) is 2.66. The van der Waals surface area contributed by atoms with Crippen molar-refractivity contribution in [2.75, 3.05) is 5.73 Å². The first-order valence-electron chi connectivity index (χ1n) is 5.46. The fourth-order valence-corrected chi connectivity index (χ4v) is 1.23. The van der Waals surface area contributed by atoms with Crippen molar-refractivity contribution in [2.45, 2.75) is 39.8 Å². The molecule has 3 N–H and O–H groups in total. The molecule has 0 saturated heterocycles. The predicted octanol–water partition coefficient (Wildman–Crippen LogP) is 2.00. The monoisotopic (exact) mass is 237 g/mol. The molecule has 5 heteroatoms. The standard InChI is InChI=1S/C12H19N3O2/c1-8-5-9(6-14-10(8)13)7-15-11(16)17-12(2,3)4/h5-6H,7H2,1-4H3,(H2,13,14)(H,15,16). The number of nitrogen functional groups attached to an aromatic ring is 1. The van der Waals surface area contributed by atoms with Crippen LogP contribution in [0.5, 0.6) is 0 Å². The normalized spacial score (nSPS) is 11.1. The van der Waals surface area contributed by atoms with Crippen LogP contribution < -0.4 is 11.1 Å². The van der Waals surface area contributed by atoms with E-state index in [-0.39, 0.29) is 0 Å². The molecular weight excluding hydrogens is 218 g/mol. The number of alkyl carbamates (subject to hydrolysis) is 1. The Morgan fingerprint density at radius 1 is 1.53 bits per heavy atom. The summed E-state index contributed by atoms with van der Waals surface area (Å²) in [5.74, 6) is 0.506. The fraction of sp³-hybridized carbons (Fsp3) is 0.500. The first-order chi connectivity index (χ1) is 7.78. The topological polar surface area (TPSA) is 77.2 Å². The smallest absolute Gasteiger partial charge is 0.407 e. The number of aryl methyl sites for hydroxylation is 1. The molecule has 1 heterocycles. The van der Waals surface area contributed by atoms with E-state index in [0.29, 0.717) is 12.4 Å². The second-order valence-corrected chi connectivity index (χ2v) is 4.90. The van der Waals surface area contributed by atoms with Gasteiger partial charge in [0.2, 0.25) is 0 Å². The maximum Gasteiger partial charge on any atom is 0.407 e. The van der Waals surface area contributed by atoms with E-state index in [4.69, 9.17) is 10.5 Å². The second-order valence-electron chi connectivity index (χ2n) is 4.90. The van der Waals surface area contributed by atoms with Crippen molar-refractivity contribution < 1.29 is 9.53 Å². The third-order valence-corrected chi connectivity index (χ3v) is 2.01. The SMILES string of the molecule is Cc1cc(CNC(=O)OC(C)(C)C)cnc1N. The summed E-state index contributed by atoms with van der Waals surface area (Å²) in [6.07, 6.45) is 1.20. The number of hydrogen-bond donors (Lipinski definition) is 2. The molecule has 1 amide bonds. The minimum atomic E-state index is -0.487. The van der Waals surface area contributed by atoms with Crippen LogP contribution >= 0.6 is 0 Å². The summed E-state index contributed by atoms with van der Waals surface area (Å²) in [7, 11) is 0. The summed E-state index contributed by atoms with van der Waals surface area (Å²) >= 11 is 0. The highest BCUT2D eigenvalue weighted by Gasteiger charge is 2.15. The number of carbonyl (C=O) groups is 1. The van der Waals surface area contributed by atoms with Gasteiger partial charge in [0, 0.05) is 12.7 Å². The van der Waals surface area contributed by atoms with Crippen molar-refractivity contribution in [1.82, 2.24) is 10.3 Å². The average molecular weight is 237 g/mol. The lowest BCUT2D eigenvalue weighted by Crippen LogP contribution is -2.32. The lowest BCUT2D eigenvalue weighted by molar-refractivity contribution is 0.0523. The zero-order valence-corrected chi connectivity index (χ0v) is 10.7. The Labute approximate surface area is 101 Å². The number of anilines is 1. The van der Waals surface area contributed by atoms with Gasteiger partial charge in [0.25, 0.3) is 0 Å². The highest BCUT2D eigenvalue weighted by atomic mass is 16.6. The number of carbonyl (C=O) groups excluding carboxylic acids is 1. The van der Waals surface area contributed by atoms with Crippen LogP contribution in [0.3, 0.4) is 0 Å². The molecule has 0 atom stereocenters. The van der Waals surface area contributed by atoms with E-state index in [0.717, 1.165) is 11.1 Å². The van der Waals surface area contributed by atoms with Gasteiger partial charge < -0.3 is 15.8 Å². The fourth-order valence-electron chi connectivity index (χ4n) is 1.23. The number of nitrogens with two attached hydrogens (primary N) is 1. The van der Waals surface area contributed by atoms with E-state index in [1.807, 2.05) is 33.8 Å². The molecule has 1 rings (SSSR count). The number of nitrogens with one attached hydrogen (secondary N) is 1. The van der Waals surface area contributed by atoms with Crippen molar-refractivity contribution in [1.29, 1.82) is 0 Å². The van der Waals surface area contributed by atoms with Gasteiger partial charge in [-0.05, 0) is 44.9 Å². The minimum Gasteiger partial charge on any atom is -0.444 e. The highest BCUT2D eigenvalue weighted by Crippen LogP contribution is 2.10. The van der Waals surface area contributed by atoms with Gasteiger partial charge >= 0.3 is 6.09 Å².